The number of nitrogens with one attached hydrogen (secondary N) is 2. The number of hydrogen-bond donors (Lipinski definition) is 2. The minimum atomic E-state index is -0.114. The second-order valence-corrected chi connectivity index (χ2v) is 7.75. The van der Waals surface area contributed by atoms with E-state index in [1.165, 1.54) is 11.3 Å². The standard InChI is InChI=1S/C20H22N4O2S/c25-18(9-10-21-20(26)17-8-4-12-27-17)24-11-3-5-14(13-24)19-22-15-6-1-2-7-16(15)23-19/h1-2,4,6-8,12,14H,3,5,9-11,13H2,(H,21,26)(H,22,23). The first-order valence-electron chi connectivity index (χ1n) is 9.25. The molecule has 1 aliphatic heterocycles. The van der Waals surface area contributed by atoms with Gasteiger partial charge < -0.3 is 15.2 Å². The highest BCUT2D eigenvalue weighted by atomic mass is 32.1. The molecule has 1 saturated heterocycles. The molecule has 27 heavy (non-hydrogen) atoms. The number of carbonyl (C=O) groups is 2. The zero-order valence-corrected chi connectivity index (χ0v) is 15.8. The molecule has 140 valence electrons. The Bertz CT molecular complexity index is 902. The molecule has 0 spiro atoms. The Hall–Kier alpha value is -2.67. The van der Waals surface area contributed by atoms with E-state index in [4.69, 9.17) is 4.98 Å². The van der Waals surface area contributed by atoms with Crippen molar-refractivity contribution >= 4 is 34.2 Å². The molecular weight excluding hydrogens is 360 g/mol. The Morgan fingerprint density at radius 3 is 2.96 bits per heavy atom. The van der Waals surface area contributed by atoms with E-state index in [1.54, 1.807) is 6.07 Å². The molecule has 1 atom stereocenters. The van der Waals surface area contributed by atoms with Gasteiger partial charge in [0, 0.05) is 32.0 Å². The normalized spacial score (nSPS) is 17.2. The topological polar surface area (TPSA) is 78.1 Å². The lowest BCUT2D eigenvalue weighted by molar-refractivity contribution is -0.132. The summed E-state index contributed by atoms with van der Waals surface area (Å²) in [6, 6.07) is 11.6. The second-order valence-electron chi connectivity index (χ2n) is 6.80. The van der Waals surface area contributed by atoms with E-state index in [0.717, 1.165) is 36.2 Å². The number of carbonyl (C=O) groups excluding carboxylic acids is 2. The fourth-order valence-electron chi connectivity index (χ4n) is 3.53. The molecule has 7 heteroatoms. The third-order valence-corrected chi connectivity index (χ3v) is 5.81. The van der Waals surface area contributed by atoms with Crippen LogP contribution in [0.1, 0.15) is 40.7 Å². The van der Waals surface area contributed by atoms with Crippen LogP contribution in [0.3, 0.4) is 0 Å². The van der Waals surface area contributed by atoms with Crippen LogP contribution in [0.2, 0.25) is 0 Å². The number of benzene rings is 1. The van der Waals surface area contributed by atoms with Crippen LogP contribution in [-0.2, 0) is 4.79 Å². The number of aromatic nitrogens is 2. The van der Waals surface area contributed by atoms with E-state index in [-0.39, 0.29) is 17.7 Å². The predicted octanol–water partition coefficient (Wildman–Crippen LogP) is 3.15. The number of H-pyrrole nitrogens is 1. The number of para-hydroxylation sites is 2. The van der Waals surface area contributed by atoms with Gasteiger partial charge in [-0.25, -0.2) is 4.98 Å². The van der Waals surface area contributed by atoms with Crippen LogP contribution in [0.5, 0.6) is 0 Å². The van der Waals surface area contributed by atoms with Crippen molar-refractivity contribution in [3.05, 3.63) is 52.5 Å². The molecule has 2 amide bonds. The minimum Gasteiger partial charge on any atom is -0.351 e. The van der Waals surface area contributed by atoms with E-state index < -0.39 is 0 Å². The predicted molar refractivity (Wildman–Crippen MR) is 106 cm³/mol. The third-order valence-electron chi connectivity index (χ3n) is 4.94. The summed E-state index contributed by atoms with van der Waals surface area (Å²) >= 11 is 1.40. The van der Waals surface area contributed by atoms with Crippen molar-refractivity contribution < 1.29 is 9.59 Å². The van der Waals surface area contributed by atoms with Gasteiger partial charge in [-0.1, -0.05) is 18.2 Å². The number of piperidine rings is 1. The summed E-state index contributed by atoms with van der Waals surface area (Å²) in [5.74, 6) is 1.16. The van der Waals surface area contributed by atoms with Crippen molar-refractivity contribution in [1.29, 1.82) is 0 Å². The number of rotatable bonds is 5. The maximum atomic E-state index is 12.6. The lowest BCUT2D eigenvalue weighted by Crippen LogP contribution is -2.40. The molecule has 0 saturated carbocycles. The molecule has 2 aromatic heterocycles. The number of aromatic amines is 1. The molecule has 0 radical (unpaired) electrons. The molecule has 3 heterocycles. The quantitative estimate of drug-likeness (QED) is 0.712. The maximum absolute atomic E-state index is 12.6. The van der Waals surface area contributed by atoms with Crippen molar-refractivity contribution in [3.63, 3.8) is 0 Å². The van der Waals surface area contributed by atoms with Crippen molar-refractivity contribution in [2.45, 2.75) is 25.2 Å². The van der Waals surface area contributed by atoms with Crippen LogP contribution in [-0.4, -0.2) is 46.3 Å². The van der Waals surface area contributed by atoms with Crippen LogP contribution in [0.15, 0.2) is 41.8 Å². The van der Waals surface area contributed by atoms with Gasteiger partial charge in [-0.15, -0.1) is 11.3 Å². The van der Waals surface area contributed by atoms with E-state index >= 15 is 0 Å². The van der Waals surface area contributed by atoms with Crippen LogP contribution in [0.25, 0.3) is 11.0 Å². The highest BCUT2D eigenvalue weighted by Gasteiger charge is 2.26. The van der Waals surface area contributed by atoms with Gasteiger partial charge in [0.2, 0.25) is 5.91 Å². The first-order valence-corrected chi connectivity index (χ1v) is 10.1. The first-order chi connectivity index (χ1) is 13.2. The SMILES string of the molecule is O=C(NCCC(=O)N1CCCC(c2nc3ccccc3[nH]2)C1)c1cccs1. The monoisotopic (exact) mass is 382 g/mol. The molecule has 3 aromatic rings. The number of likely N-dealkylation sites (tertiary alicyclic amines) is 1. The Morgan fingerprint density at radius 2 is 2.15 bits per heavy atom. The number of imidazole rings is 1. The number of thiophene rings is 1. The van der Waals surface area contributed by atoms with Gasteiger partial charge in [0.1, 0.15) is 5.82 Å². The van der Waals surface area contributed by atoms with Crippen molar-refractivity contribution in [2.75, 3.05) is 19.6 Å². The fourth-order valence-corrected chi connectivity index (χ4v) is 4.17. The summed E-state index contributed by atoms with van der Waals surface area (Å²) < 4.78 is 0. The van der Waals surface area contributed by atoms with Gasteiger partial charge in [-0.05, 0) is 36.4 Å². The first kappa shape index (κ1) is 17.7. The van der Waals surface area contributed by atoms with E-state index in [9.17, 15) is 9.59 Å². The van der Waals surface area contributed by atoms with E-state index in [2.05, 4.69) is 10.3 Å². The average molecular weight is 382 g/mol. The summed E-state index contributed by atoms with van der Waals surface area (Å²) in [7, 11) is 0. The molecule has 1 fully saturated rings. The molecule has 0 aliphatic carbocycles. The molecule has 0 bridgehead atoms. The smallest absolute Gasteiger partial charge is 0.261 e. The van der Waals surface area contributed by atoms with Gasteiger partial charge in [0.25, 0.3) is 5.91 Å². The highest BCUT2D eigenvalue weighted by Crippen LogP contribution is 2.27. The van der Waals surface area contributed by atoms with Crippen molar-refractivity contribution in [2.24, 2.45) is 0 Å². The summed E-state index contributed by atoms with van der Waals surface area (Å²) in [5.41, 5.74) is 2.00. The largest absolute Gasteiger partial charge is 0.351 e. The zero-order chi connectivity index (χ0) is 18.6. The maximum Gasteiger partial charge on any atom is 0.261 e. The average Bonchev–Trinajstić information content (AvgIpc) is 3.37. The van der Waals surface area contributed by atoms with Crippen molar-refractivity contribution in [1.82, 2.24) is 20.2 Å². The summed E-state index contributed by atoms with van der Waals surface area (Å²) in [4.78, 5) is 35.2. The molecule has 1 aliphatic rings. The number of hydrogen-bond acceptors (Lipinski definition) is 4. The molecule has 1 unspecified atom stereocenters. The Kier molecular flexibility index (Phi) is 5.20. The van der Waals surface area contributed by atoms with Crippen LogP contribution < -0.4 is 5.32 Å². The van der Waals surface area contributed by atoms with Crippen LogP contribution in [0.4, 0.5) is 0 Å². The van der Waals surface area contributed by atoms with Gasteiger partial charge >= 0.3 is 0 Å². The summed E-state index contributed by atoms with van der Waals surface area (Å²) in [6.07, 6.45) is 2.32. The van der Waals surface area contributed by atoms with Gasteiger partial charge in [-0.2, -0.15) is 0 Å². The van der Waals surface area contributed by atoms with Crippen LogP contribution >= 0.6 is 11.3 Å². The number of nitrogens with zero attached hydrogens (tertiary/aromatic N) is 2. The van der Waals surface area contributed by atoms with Crippen molar-refractivity contribution in [3.8, 4) is 0 Å². The Morgan fingerprint density at radius 1 is 1.26 bits per heavy atom. The number of amides is 2. The highest BCUT2D eigenvalue weighted by molar-refractivity contribution is 7.12. The van der Waals surface area contributed by atoms with Crippen LogP contribution in [0, 0.1) is 0 Å². The van der Waals surface area contributed by atoms with E-state index in [0.29, 0.717) is 24.4 Å². The lowest BCUT2D eigenvalue weighted by atomic mass is 9.97. The van der Waals surface area contributed by atoms with Gasteiger partial charge in [0.15, 0.2) is 0 Å². The second kappa shape index (κ2) is 7.92. The summed E-state index contributed by atoms with van der Waals surface area (Å²) in [5, 5.41) is 4.69. The summed E-state index contributed by atoms with van der Waals surface area (Å²) in [6.45, 7) is 1.81. The number of fused-ring (bicyclic) bond motifs is 1. The Balaban J connectivity index is 1.32. The van der Waals surface area contributed by atoms with Gasteiger partial charge in [-0.3, -0.25) is 9.59 Å². The Labute approximate surface area is 161 Å². The molecule has 2 N–H and O–H groups in total. The minimum absolute atomic E-state index is 0.0855. The molecular formula is C20H22N4O2S. The third kappa shape index (κ3) is 4.03. The molecule has 4 rings (SSSR count). The molecule has 6 nitrogen and oxygen atoms in total. The zero-order valence-electron chi connectivity index (χ0n) is 15.0. The van der Waals surface area contributed by atoms with Gasteiger partial charge in [0.05, 0.1) is 15.9 Å². The van der Waals surface area contributed by atoms with E-state index in [1.807, 2.05) is 40.6 Å². The molecule has 1 aromatic carbocycles. The fraction of sp³-hybridized carbons (Fsp3) is 0.350. The lowest BCUT2D eigenvalue weighted by Gasteiger charge is -2.32.